The van der Waals surface area contributed by atoms with E-state index in [1.807, 2.05) is 24.3 Å². The summed E-state index contributed by atoms with van der Waals surface area (Å²) in [7, 11) is 1.60. The zero-order valence-electron chi connectivity index (χ0n) is 17.2. The third-order valence-corrected chi connectivity index (χ3v) is 5.38. The molecule has 0 fully saturated rings. The summed E-state index contributed by atoms with van der Waals surface area (Å²) in [4.78, 5) is 26.0. The van der Waals surface area contributed by atoms with Crippen molar-refractivity contribution in [3.8, 4) is 5.75 Å². The molecule has 9 nitrogen and oxygen atoms in total. The second-order valence-electron chi connectivity index (χ2n) is 7.32. The van der Waals surface area contributed by atoms with Gasteiger partial charge in [-0.25, -0.2) is 9.69 Å². The number of ether oxygens (including phenoxy) is 1. The molecule has 1 atom stereocenters. The van der Waals surface area contributed by atoms with Crippen LogP contribution in [0.4, 0.5) is 0 Å². The molecule has 2 aromatic heterocycles. The molecule has 32 heavy (non-hydrogen) atoms. The monoisotopic (exact) mass is 429 g/mol. The minimum absolute atomic E-state index is 0.284. The van der Waals surface area contributed by atoms with Crippen molar-refractivity contribution in [2.75, 3.05) is 7.11 Å². The van der Waals surface area contributed by atoms with Gasteiger partial charge in [0.05, 0.1) is 24.5 Å². The van der Waals surface area contributed by atoms with Crippen LogP contribution in [0.1, 0.15) is 23.8 Å². The van der Waals surface area contributed by atoms with E-state index in [4.69, 9.17) is 9.15 Å². The van der Waals surface area contributed by atoms with Gasteiger partial charge in [0.1, 0.15) is 29.6 Å². The fraction of sp³-hybridized carbons (Fsp3) is 0.174. The number of benzene rings is 2. The highest BCUT2D eigenvalue weighted by Gasteiger charge is 2.35. The van der Waals surface area contributed by atoms with Gasteiger partial charge in [-0.3, -0.25) is 9.59 Å². The number of fused-ring (bicyclic) bond motifs is 1. The summed E-state index contributed by atoms with van der Waals surface area (Å²) in [6.07, 6.45) is 2.03. The molecule has 0 spiro atoms. The van der Waals surface area contributed by atoms with Crippen molar-refractivity contribution >= 4 is 22.5 Å². The Morgan fingerprint density at radius 2 is 1.94 bits per heavy atom. The summed E-state index contributed by atoms with van der Waals surface area (Å²) in [5.74, 6) is 0.960. The minimum Gasteiger partial charge on any atom is -0.497 e. The van der Waals surface area contributed by atoms with E-state index in [0.29, 0.717) is 23.1 Å². The number of furan rings is 1. The standard InChI is InChI=1S/C23H19N5O4/c1-31-16-10-8-15(9-11-16)19-13-20(21-7-4-12-32-21)28(25-19)22(29)14-27-23(30)17-5-2-3-6-18(17)24-26-27/h2-12,20H,13-14H2,1H3/t20-/m1/s1. The normalized spacial score (nSPS) is 15.7. The van der Waals surface area contributed by atoms with Crippen molar-refractivity contribution in [1.29, 1.82) is 0 Å². The van der Waals surface area contributed by atoms with Crippen LogP contribution in [0.2, 0.25) is 0 Å². The van der Waals surface area contributed by atoms with Gasteiger partial charge in [0, 0.05) is 6.42 Å². The zero-order valence-corrected chi connectivity index (χ0v) is 17.2. The van der Waals surface area contributed by atoms with Crippen molar-refractivity contribution in [3.63, 3.8) is 0 Å². The highest BCUT2D eigenvalue weighted by atomic mass is 16.5. The zero-order chi connectivity index (χ0) is 22.1. The second kappa shape index (κ2) is 8.10. The van der Waals surface area contributed by atoms with E-state index in [1.54, 1.807) is 49.8 Å². The number of methoxy groups -OCH3 is 1. The van der Waals surface area contributed by atoms with Gasteiger partial charge in [-0.1, -0.05) is 17.3 Å². The minimum atomic E-state index is -0.418. The van der Waals surface area contributed by atoms with E-state index in [9.17, 15) is 9.59 Å². The maximum absolute atomic E-state index is 13.2. The Balaban J connectivity index is 1.47. The van der Waals surface area contributed by atoms with Gasteiger partial charge in [-0.2, -0.15) is 5.10 Å². The molecule has 0 N–H and O–H groups in total. The maximum Gasteiger partial charge on any atom is 0.278 e. The van der Waals surface area contributed by atoms with Gasteiger partial charge < -0.3 is 9.15 Å². The van der Waals surface area contributed by atoms with Gasteiger partial charge >= 0.3 is 0 Å². The first kappa shape index (κ1) is 19.7. The molecule has 0 saturated heterocycles. The Kier molecular flexibility index (Phi) is 4.98. The van der Waals surface area contributed by atoms with Gasteiger partial charge in [0.2, 0.25) is 0 Å². The Hall–Kier alpha value is -4.27. The Labute approximate surface area is 182 Å². The highest BCUT2D eigenvalue weighted by molar-refractivity contribution is 6.03. The van der Waals surface area contributed by atoms with Crippen LogP contribution in [0, 0.1) is 0 Å². The molecule has 160 valence electrons. The molecule has 4 aromatic rings. The molecule has 0 bridgehead atoms. The molecule has 0 unspecified atom stereocenters. The Morgan fingerprint density at radius 3 is 2.69 bits per heavy atom. The summed E-state index contributed by atoms with van der Waals surface area (Å²) in [5.41, 5.74) is 1.72. The summed E-state index contributed by atoms with van der Waals surface area (Å²) in [5, 5.41) is 14.3. The molecule has 0 aliphatic carbocycles. The lowest BCUT2D eigenvalue weighted by Gasteiger charge is -2.19. The second-order valence-corrected chi connectivity index (χ2v) is 7.32. The molecule has 3 heterocycles. The van der Waals surface area contributed by atoms with Crippen LogP contribution in [0.15, 0.2) is 81.2 Å². The number of nitrogens with zero attached hydrogens (tertiary/aromatic N) is 5. The SMILES string of the molecule is COc1ccc(C2=NN(C(=O)Cn3nnc4ccccc4c3=O)[C@@H](c3ccco3)C2)cc1. The third-order valence-electron chi connectivity index (χ3n) is 5.38. The van der Waals surface area contributed by atoms with E-state index in [1.165, 1.54) is 5.01 Å². The lowest BCUT2D eigenvalue weighted by molar-refractivity contribution is -0.134. The van der Waals surface area contributed by atoms with Gasteiger partial charge in [-0.05, 0) is 54.1 Å². The Morgan fingerprint density at radius 1 is 1.12 bits per heavy atom. The summed E-state index contributed by atoms with van der Waals surface area (Å²) in [6.45, 7) is -0.284. The molecule has 2 aromatic carbocycles. The predicted octanol–water partition coefficient (Wildman–Crippen LogP) is 2.77. The molecule has 0 radical (unpaired) electrons. The smallest absolute Gasteiger partial charge is 0.278 e. The lowest BCUT2D eigenvalue weighted by atomic mass is 10.0. The Bertz CT molecular complexity index is 1360. The van der Waals surface area contributed by atoms with E-state index in [2.05, 4.69) is 15.4 Å². The first-order valence-electron chi connectivity index (χ1n) is 10.0. The van der Waals surface area contributed by atoms with E-state index in [0.717, 1.165) is 21.7 Å². The summed E-state index contributed by atoms with van der Waals surface area (Å²) < 4.78 is 11.8. The number of hydrogen-bond donors (Lipinski definition) is 0. The molecule has 1 aliphatic rings. The fourth-order valence-corrected chi connectivity index (χ4v) is 3.73. The van der Waals surface area contributed by atoms with Crippen LogP contribution in [-0.2, 0) is 11.3 Å². The lowest BCUT2D eigenvalue weighted by Crippen LogP contribution is -2.35. The average Bonchev–Trinajstić information content (AvgIpc) is 3.51. The van der Waals surface area contributed by atoms with E-state index < -0.39 is 6.04 Å². The van der Waals surface area contributed by atoms with Crippen LogP contribution in [0.25, 0.3) is 10.9 Å². The van der Waals surface area contributed by atoms with E-state index >= 15 is 0 Å². The number of hydrogen-bond acceptors (Lipinski definition) is 7. The number of amides is 1. The molecule has 1 aliphatic heterocycles. The molecule has 0 saturated carbocycles. The van der Waals surface area contributed by atoms with Crippen LogP contribution in [-0.4, -0.2) is 38.7 Å². The molecular weight excluding hydrogens is 410 g/mol. The number of carbonyl (C=O) groups excluding carboxylic acids is 1. The number of carbonyl (C=O) groups is 1. The van der Waals surface area contributed by atoms with Crippen molar-refractivity contribution in [2.45, 2.75) is 19.0 Å². The maximum atomic E-state index is 13.2. The first-order valence-corrected chi connectivity index (χ1v) is 10.0. The van der Waals surface area contributed by atoms with Crippen molar-refractivity contribution in [1.82, 2.24) is 20.0 Å². The fourth-order valence-electron chi connectivity index (χ4n) is 3.73. The largest absolute Gasteiger partial charge is 0.497 e. The quantitative estimate of drug-likeness (QED) is 0.483. The van der Waals surface area contributed by atoms with Crippen molar-refractivity contribution in [2.24, 2.45) is 5.10 Å². The number of rotatable bonds is 5. The van der Waals surface area contributed by atoms with Gasteiger partial charge in [0.15, 0.2) is 0 Å². The van der Waals surface area contributed by atoms with Crippen LogP contribution in [0.3, 0.4) is 0 Å². The highest BCUT2D eigenvalue weighted by Crippen LogP contribution is 2.33. The van der Waals surface area contributed by atoms with Crippen LogP contribution < -0.4 is 10.3 Å². The summed E-state index contributed by atoms with van der Waals surface area (Å²) in [6, 6.07) is 17.5. The van der Waals surface area contributed by atoms with E-state index in [-0.39, 0.29) is 18.0 Å². The third kappa shape index (κ3) is 3.53. The van der Waals surface area contributed by atoms with Gasteiger partial charge in [-0.15, -0.1) is 5.10 Å². The molecule has 9 heteroatoms. The molecule has 1 amide bonds. The number of aromatic nitrogens is 3. The first-order chi connectivity index (χ1) is 15.6. The van der Waals surface area contributed by atoms with Gasteiger partial charge in [0.25, 0.3) is 11.5 Å². The van der Waals surface area contributed by atoms with Crippen LogP contribution in [0.5, 0.6) is 5.75 Å². The van der Waals surface area contributed by atoms with Crippen molar-refractivity contribution in [3.05, 3.63) is 88.6 Å². The average molecular weight is 429 g/mol. The summed E-state index contributed by atoms with van der Waals surface area (Å²) >= 11 is 0. The molecule has 5 rings (SSSR count). The molecular formula is C23H19N5O4. The van der Waals surface area contributed by atoms with Crippen molar-refractivity contribution < 1.29 is 13.9 Å². The topological polar surface area (TPSA) is 103 Å². The predicted molar refractivity (Wildman–Crippen MR) is 116 cm³/mol. The van der Waals surface area contributed by atoms with Crippen LogP contribution >= 0.6 is 0 Å². The number of hydrazone groups is 1.